The van der Waals surface area contributed by atoms with Gasteiger partial charge < -0.3 is 10.4 Å². The molecular formula is C11H23NOS. The van der Waals surface area contributed by atoms with Crippen molar-refractivity contribution in [2.45, 2.75) is 56.4 Å². The molecule has 2 atom stereocenters. The molecule has 2 nitrogen and oxygen atoms in total. The lowest BCUT2D eigenvalue weighted by molar-refractivity contribution is 0.0704. The molecule has 1 aliphatic rings. The van der Waals surface area contributed by atoms with Crippen LogP contribution in [0.2, 0.25) is 0 Å². The molecule has 2 unspecified atom stereocenters. The van der Waals surface area contributed by atoms with Crippen molar-refractivity contribution in [2.75, 3.05) is 12.8 Å². The molecule has 0 amide bonds. The van der Waals surface area contributed by atoms with E-state index in [9.17, 15) is 5.11 Å². The fourth-order valence-corrected chi connectivity index (χ4v) is 2.72. The van der Waals surface area contributed by atoms with Crippen LogP contribution in [0, 0.1) is 0 Å². The number of hydrogen-bond donors (Lipinski definition) is 2. The van der Waals surface area contributed by atoms with Gasteiger partial charge in [-0.2, -0.15) is 11.8 Å². The summed E-state index contributed by atoms with van der Waals surface area (Å²) in [6.07, 6.45) is 6.99. The maximum Gasteiger partial charge on any atom is 0.0603 e. The quantitative estimate of drug-likeness (QED) is 0.739. The lowest BCUT2D eigenvalue weighted by Crippen LogP contribution is -2.32. The number of aliphatic hydroxyl groups is 1. The van der Waals surface area contributed by atoms with Crippen molar-refractivity contribution >= 4 is 11.8 Å². The third-order valence-electron chi connectivity index (χ3n) is 2.89. The van der Waals surface area contributed by atoms with E-state index in [1.807, 2.05) is 25.6 Å². The Labute approximate surface area is 91.9 Å². The van der Waals surface area contributed by atoms with Gasteiger partial charge in [0.05, 0.1) is 5.60 Å². The van der Waals surface area contributed by atoms with E-state index < -0.39 is 5.60 Å². The van der Waals surface area contributed by atoms with Gasteiger partial charge in [-0.15, -0.1) is 0 Å². The van der Waals surface area contributed by atoms with Crippen LogP contribution in [0.1, 0.15) is 39.5 Å². The topological polar surface area (TPSA) is 32.3 Å². The maximum atomic E-state index is 9.55. The third-order valence-corrected chi connectivity index (χ3v) is 3.98. The molecule has 0 aliphatic heterocycles. The Bertz CT molecular complexity index is 167. The summed E-state index contributed by atoms with van der Waals surface area (Å²) >= 11 is 1.99. The first-order valence-electron chi connectivity index (χ1n) is 5.50. The lowest BCUT2D eigenvalue weighted by atomic mass is 10.1. The molecule has 1 fully saturated rings. The molecule has 14 heavy (non-hydrogen) atoms. The second-order valence-corrected chi connectivity index (χ2v) is 6.02. The van der Waals surface area contributed by atoms with Gasteiger partial charge in [0.15, 0.2) is 0 Å². The molecule has 1 aliphatic carbocycles. The van der Waals surface area contributed by atoms with E-state index in [2.05, 4.69) is 11.6 Å². The molecule has 1 rings (SSSR count). The molecule has 84 valence electrons. The standard InChI is InChI=1S/C11H23NOS/c1-11(2,13)6-7-12-9-4-5-10(8-9)14-3/h9-10,12-13H,4-8H2,1-3H3. The van der Waals surface area contributed by atoms with Gasteiger partial charge in [-0.1, -0.05) is 0 Å². The average molecular weight is 217 g/mol. The number of nitrogens with one attached hydrogen (secondary N) is 1. The van der Waals surface area contributed by atoms with Gasteiger partial charge in [0.2, 0.25) is 0 Å². The second kappa shape index (κ2) is 5.38. The van der Waals surface area contributed by atoms with Crippen LogP contribution in [0.5, 0.6) is 0 Å². The highest BCUT2D eigenvalue weighted by molar-refractivity contribution is 7.99. The Morgan fingerprint density at radius 3 is 2.64 bits per heavy atom. The summed E-state index contributed by atoms with van der Waals surface area (Å²) in [7, 11) is 0. The van der Waals surface area contributed by atoms with E-state index in [-0.39, 0.29) is 0 Å². The molecule has 0 spiro atoms. The minimum atomic E-state index is -0.523. The summed E-state index contributed by atoms with van der Waals surface area (Å²) in [6.45, 7) is 4.68. The molecular weight excluding hydrogens is 194 g/mol. The van der Waals surface area contributed by atoms with Crippen molar-refractivity contribution in [1.82, 2.24) is 5.32 Å². The van der Waals surface area contributed by atoms with E-state index in [0.717, 1.165) is 18.2 Å². The van der Waals surface area contributed by atoms with E-state index in [1.165, 1.54) is 19.3 Å². The highest BCUT2D eigenvalue weighted by atomic mass is 32.2. The monoisotopic (exact) mass is 217 g/mol. The second-order valence-electron chi connectivity index (χ2n) is 4.88. The van der Waals surface area contributed by atoms with Crippen molar-refractivity contribution in [3.63, 3.8) is 0 Å². The highest BCUT2D eigenvalue weighted by Gasteiger charge is 2.23. The zero-order chi connectivity index (χ0) is 10.6. The van der Waals surface area contributed by atoms with E-state index in [0.29, 0.717) is 6.04 Å². The molecule has 0 bridgehead atoms. The number of thioether (sulfide) groups is 1. The minimum absolute atomic E-state index is 0.523. The van der Waals surface area contributed by atoms with Crippen LogP contribution in [0.25, 0.3) is 0 Å². The van der Waals surface area contributed by atoms with Crippen molar-refractivity contribution in [3.8, 4) is 0 Å². The first kappa shape index (κ1) is 12.3. The maximum absolute atomic E-state index is 9.55. The van der Waals surface area contributed by atoms with E-state index in [4.69, 9.17) is 0 Å². The predicted octanol–water partition coefficient (Wildman–Crippen LogP) is 2.02. The largest absolute Gasteiger partial charge is 0.390 e. The summed E-state index contributed by atoms with van der Waals surface area (Å²) in [5.41, 5.74) is -0.523. The van der Waals surface area contributed by atoms with Crippen LogP contribution in [-0.4, -0.2) is 34.8 Å². The molecule has 0 radical (unpaired) electrons. The highest BCUT2D eigenvalue weighted by Crippen LogP contribution is 2.28. The first-order chi connectivity index (χ1) is 6.51. The smallest absolute Gasteiger partial charge is 0.0603 e. The van der Waals surface area contributed by atoms with Gasteiger partial charge in [-0.3, -0.25) is 0 Å². The third kappa shape index (κ3) is 4.67. The van der Waals surface area contributed by atoms with Crippen LogP contribution >= 0.6 is 11.8 Å². The molecule has 0 aromatic heterocycles. The summed E-state index contributed by atoms with van der Waals surface area (Å²) in [4.78, 5) is 0. The Hall–Kier alpha value is 0.270. The Kier molecular flexibility index (Phi) is 4.74. The van der Waals surface area contributed by atoms with Crippen LogP contribution in [-0.2, 0) is 0 Å². The van der Waals surface area contributed by atoms with Gasteiger partial charge in [0.1, 0.15) is 0 Å². The van der Waals surface area contributed by atoms with Crippen LogP contribution in [0.4, 0.5) is 0 Å². The zero-order valence-electron chi connectivity index (χ0n) is 9.55. The minimum Gasteiger partial charge on any atom is -0.390 e. The van der Waals surface area contributed by atoms with Gasteiger partial charge in [0.25, 0.3) is 0 Å². The van der Waals surface area contributed by atoms with Gasteiger partial charge >= 0.3 is 0 Å². The lowest BCUT2D eigenvalue weighted by Gasteiger charge is -2.19. The number of hydrogen-bond acceptors (Lipinski definition) is 3. The molecule has 2 N–H and O–H groups in total. The van der Waals surface area contributed by atoms with Crippen molar-refractivity contribution in [3.05, 3.63) is 0 Å². The summed E-state index contributed by atoms with van der Waals surface area (Å²) in [5.74, 6) is 0. The Morgan fingerprint density at radius 1 is 1.43 bits per heavy atom. The van der Waals surface area contributed by atoms with Gasteiger partial charge in [-0.25, -0.2) is 0 Å². The summed E-state index contributed by atoms with van der Waals surface area (Å²) in [5, 5.41) is 13.9. The molecule has 0 aromatic rings. The fraction of sp³-hybridized carbons (Fsp3) is 1.00. The van der Waals surface area contributed by atoms with Crippen molar-refractivity contribution < 1.29 is 5.11 Å². The average Bonchev–Trinajstić information content (AvgIpc) is 2.50. The van der Waals surface area contributed by atoms with E-state index >= 15 is 0 Å². The summed E-state index contributed by atoms with van der Waals surface area (Å²) < 4.78 is 0. The Morgan fingerprint density at radius 2 is 2.14 bits per heavy atom. The van der Waals surface area contributed by atoms with Crippen molar-refractivity contribution in [2.24, 2.45) is 0 Å². The molecule has 0 aromatic carbocycles. The van der Waals surface area contributed by atoms with Crippen LogP contribution in [0.3, 0.4) is 0 Å². The van der Waals surface area contributed by atoms with Crippen molar-refractivity contribution in [1.29, 1.82) is 0 Å². The Balaban J connectivity index is 2.09. The predicted molar refractivity (Wildman–Crippen MR) is 63.9 cm³/mol. The van der Waals surface area contributed by atoms with Gasteiger partial charge in [-0.05, 0) is 52.3 Å². The number of rotatable bonds is 5. The normalized spacial score (nSPS) is 28.3. The SMILES string of the molecule is CSC1CCC(NCCC(C)(C)O)C1. The zero-order valence-corrected chi connectivity index (χ0v) is 10.4. The van der Waals surface area contributed by atoms with Crippen LogP contribution in [0.15, 0.2) is 0 Å². The van der Waals surface area contributed by atoms with Gasteiger partial charge in [0, 0.05) is 11.3 Å². The summed E-state index contributed by atoms with van der Waals surface area (Å²) in [6, 6.07) is 0.690. The molecule has 0 saturated heterocycles. The van der Waals surface area contributed by atoms with Crippen LogP contribution < -0.4 is 5.32 Å². The fourth-order valence-electron chi connectivity index (χ4n) is 1.92. The van der Waals surface area contributed by atoms with E-state index in [1.54, 1.807) is 0 Å². The molecule has 1 saturated carbocycles. The molecule has 0 heterocycles. The first-order valence-corrected chi connectivity index (χ1v) is 6.78. The molecule has 3 heteroatoms.